The third-order valence-electron chi connectivity index (χ3n) is 2.59. The van der Waals surface area contributed by atoms with Crippen LogP contribution < -0.4 is 4.74 Å². The summed E-state index contributed by atoms with van der Waals surface area (Å²) >= 11 is 0. The Morgan fingerprint density at radius 2 is 1.72 bits per heavy atom. The van der Waals surface area contributed by atoms with Gasteiger partial charge in [0.05, 0.1) is 0 Å². The average Bonchev–Trinajstić information content (AvgIpc) is 2.40. The number of aliphatic hydroxyl groups is 1. The summed E-state index contributed by atoms with van der Waals surface area (Å²) in [7, 11) is 0. The van der Waals surface area contributed by atoms with Crippen LogP contribution in [0.15, 0.2) is 54.6 Å². The van der Waals surface area contributed by atoms with E-state index in [1.165, 1.54) is 6.92 Å². The summed E-state index contributed by atoms with van der Waals surface area (Å²) in [6.45, 7) is 1.45. The van der Waals surface area contributed by atoms with Crippen molar-refractivity contribution >= 4 is 0 Å². The monoisotopic (exact) mass is 239 g/mol. The van der Waals surface area contributed by atoms with Crippen molar-refractivity contribution in [3.05, 3.63) is 60.2 Å². The Bertz CT molecular complexity index is 571. The van der Waals surface area contributed by atoms with Crippen molar-refractivity contribution in [3.8, 4) is 17.6 Å². The molecule has 0 radical (unpaired) electrons. The van der Waals surface area contributed by atoms with Crippen molar-refractivity contribution in [1.29, 1.82) is 5.26 Å². The molecule has 0 fully saturated rings. The molecule has 2 aromatic rings. The third kappa shape index (κ3) is 2.68. The van der Waals surface area contributed by atoms with E-state index >= 15 is 0 Å². The second kappa shape index (κ2) is 4.91. The van der Waals surface area contributed by atoms with E-state index in [4.69, 9.17) is 10.00 Å². The van der Waals surface area contributed by atoms with Crippen molar-refractivity contribution in [2.75, 3.05) is 0 Å². The van der Waals surface area contributed by atoms with Crippen molar-refractivity contribution in [3.63, 3.8) is 0 Å². The molecule has 0 heterocycles. The van der Waals surface area contributed by atoms with Gasteiger partial charge in [-0.25, -0.2) is 0 Å². The van der Waals surface area contributed by atoms with Crippen LogP contribution in [-0.4, -0.2) is 5.11 Å². The second-order valence-corrected chi connectivity index (χ2v) is 4.13. The molecule has 0 aliphatic heterocycles. The van der Waals surface area contributed by atoms with Crippen LogP contribution in [0.1, 0.15) is 12.5 Å². The molecule has 3 heteroatoms. The quantitative estimate of drug-likeness (QED) is 0.837. The first-order valence-electron chi connectivity index (χ1n) is 5.59. The van der Waals surface area contributed by atoms with E-state index in [-0.39, 0.29) is 0 Å². The van der Waals surface area contributed by atoms with Crippen molar-refractivity contribution in [2.24, 2.45) is 0 Å². The lowest BCUT2D eigenvalue weighted by molar-refractivity contribution is 0.119. The highest BCUT2D eigenvalue weighted by atomic mass is 16.5. The fraction of sp³-hybridized carbons (Fsp3) is 0.133. The number of ether oxygens (including phenoxy) is 1. The van der Waals surface area contributed by atoms with Crippen LogP contribution in [0.3, 0.4) is 0 Å². The SMILES string of the molecule is CC(O)(C#N)c1cccc(Oc2ccccc2)c1. The predicted octanol–water partition coefficient (Wildman–Crippen LogP) is 3.21. The lowest BCUT2D eigenvalue weighted by Crippen LogP contribution is -2.17. The molecule has 0 saturated carbocycles. The number of nitrogens with zero attached hydrogens (tertiary/aromatic N) is 1. The van der Waals surface area contributed by atoms with Crippen LogP contribution in [0, 0.1) is 11.3 Å². The molecule has 0 spiro atoms. The molecule has 0 aliphatic carbocycles. The second-order valence-electron chi connectivity index (χ2n) is 4.13. The fourth-order valence-electron chi connectivity index (χ4n) is 1.55. The van der Waals surface area contributed by atoms with Gasteiger partial charge in [-0.1, -0.05) is 30.3 Å². The maximum absolute atomic E-state index is 9.87. The molecule has 2 aromatic carbocycles. The highest BCUT2D eigenvalue weighted by Crippen LogP contribution is 2.26. The van der Waals surface area contributed by atoms with E-state index in [9.17, 15) is 5.11 Å². The van der Waals surface area contributed by atoms with Gasteiger partial charge in [0.2, 0.25) is 0 Å². The fourth-order valence-corrected chi connectivity index (χ4v) is 1.55. The maximum atomic E-state index is 9.87. The molecular weight excluding hydrogens is 226 g/mol. The Hall–Kier alpha value is -2.31. The van der Waals surface area contributed by atoms with Crippen LogP contribution in [0.25, 0.3) is 0 Å². The van der Waals surface area contributed by atoms with Gasteiger partial charge < -0.3 is 9.84 Å². The zero-order valence-electron chi connectivity index (χ0n) is 10.00. The number of nitriles is 1. The third-order valence-corrected chi connectivity index (χ3v) is 2.59. The van der Waals surface area contributed by atoms with Gasteiger partial charge in [0, 0.05) is 5.56 Å². The largest absolute Gasteiger partial charge is 0.457 e. The van der Waals surface area contributed by atoms with Crippen LogP contribution >= 0.6 is 0 Å². The number of hydrogen-bond acceptors (Lipinski definition) is 3. The molecule has 0 saturated heterocycles. The lowest BCUT2D eigenvalue weighted by atomic mass is 9.98. The summed E-state index contributed by atoms with van der Waals surface area (Å²) in [4.78, 5) is 0. The van der Waals surface area contributed by atoms with Gasteiger partial charge in [0.15, 0.2) is 5.60 Å². The summed E-state index contributed by atoms with van der Waals surface area (Å²) in [5.74, 6) is 1.31. The average molecular weight is 239 g/mol. The Morgan fingerprint density at radius 3 is 2.39 bits per heavy atom. The number of para-hydroxylation sites is 1. The molecule has 1 atom stereocenters. The van der Waals surface area contributed by atoms with Gasteiger partial charge in [-0.15, -0.1) is 0 Å². The summed E-state index contributed by atoms with van der Waals surface area (Å²) in [5, 5.41) is 18.8. The molecule has 1 unspecified atom stereocenters. The van der Waals surface area contributed by atoms with Crippen LogP contribution in [0.5, 0.6) is 11.5 Å². The molecule has 90 valence electrons. The molecule has 3 nitrogen and oxygen atoms in total. The van der Waals surface area contributed by atoms with Gasteiger partial charge in [-0.3, -0.25) is 0 Å². The summed E-state index contributed by atoms with van der Waals surface area (Å²) < 4.78 is 5.64. The minimum Gasteiger partial charge on any atom is -0.457 e. The molecule has 18 heavy (non-hydrogen) atoms. The minimum absolute atomic E-state index is 0.512. The smallest absolute Gasteiger partial charge is 0.173 e. The van der Waals surface area contributed by atoms with Crippen LogP contribution in [0.2, 0.25) is 0 Å². The van der Waals surface area contributed by atoms with Crippen LogP contribution in [-0.2, 0) is 5.60 Å². The number of hydrogen-bond donors (Lipinski definition) is 1. The topological polar surface area (TPSA) is 53.2 Å². The van der Waals surface area contributed by atoms with Gasteiger partial charge in [-0.2, -0.15) is 5.26 Å². The van der Waals surface area contributed by atoms with Gasteiger partial charge in [-0.05, 0) is 31.2 Å². The van der Waals surface area contributed by atoms with Gasteiger partial charge in [0.25, 0.3) is 0 Å². The Balaban J connectivity index is 2.27. The highest BCUT2D eigenvalue weighted by Gasteiger charge is 2.22. The standard InChI is InChI=1S/C15H13NO2/c1-15(17,11-16)12-6-5-9-14(10-12)18-13-7-3-2-4-8-13/h2-10,17H,1H3. The van der Waals surface area contributed by atoms with Crippen molar-refractivity contribution in [1.82, 2.24) is 0 Å². The molecule has 1 N–H and O–H groups in total. The lowest BCUT2D eigenvalue weighted by Gasteiger charge is -2.15. The van der Waals surface area contributed by atoms with E-state index < -0.39 is 5.60 Å². The molecule has 0 bridgehead atoms. The molecule has 2 rings (SSSR count). The molecule has 0 aliphatic rings. The van der Waals surface area contributed by atoms with E-state index in [0.717, 1.165) is 0 Å². The van der Waals surface area contributed by atoms with E-state index in [1.807, 2.05) is 36.4 Å². The van der Waals surface area contributed by atoms with E-state index in [0.29, 0.717) is 17.1 Å². The molecule has 0 aromatic heterocycles. The highest BCUT2D eigenvalue weighted by molar-refractivity contribution is 5.37. The van der Waals surface area contributed by atoms with Crippen LogP contribution in [0.4, 0.5) is 0 Å². The zero-order valence-corrected chi connectivity index (χ0v) is 10.00. The number of rotatable bonds is 3. The molecule has 0 amide bonds. The van der Waals surface area contributed by atoms with Gasteiger partial charge >= 0.3 is 0 Å². The zero-order chi connectivity index (χ0) is 13.0. The first-order chi connectivity index (χ1) is 8.62. The van der Waals surface area contributed by atoms with Gasteiger partial charge in [0.1, 0.15) is 17.6 Å². The van der Waals surface area contributed by atoms with E-state index in [1.54, 1.807) is 24.3 Å². The van der Waals surface area contributed by atoms with Crippen molar-refractivity contribution in [2.45, 2.75) is 12.5 Å². The predicted molar refractivity (Wildman–Crippen MR) is 68.1 cm³/mol. The first-order valence-corrected chi connectivity index (χ1v) is 5.59. The summed E-state index contributed by atoms with van der Waals surface area (Å²) in [5.41, 5.74) is -0.991. The Labute approximate surface area is 106 Å². The summed E-state index contributed by atoms with van der Waals surface area (Å²) in [6.07, 6.45) is 0. The summed E-state index contributed by atoms with van der Waals surface area (Å²) in [6, 6.07) is 18.1. The Kier molecular flexibility index (Phi) is 3.31. The maximum Gasteiger partial charge on any atom is 0.173 e. The van der Waals surface area contributed by atoms with E-state index in [2.05, 4.69) is 0 Å². The molecular formula is C15H13NO2. The first kappa shape index (κ1) is 12.2. The van der Waals surface area contributed by atoms with Crippen molar-refractivity contribution < 1.29 is 9.84 Å². The Morgan fingerprint density at radius 1 is 1.06 bits per heavy atom. The number of benzene rings is 2. The minimum atomic E-state index is -1.50. The normalized spacial score (nSPS) is 13.4.